The van der Waals surface area contributed by atoms with E-state index in [2.05, 4.69) is 26.7 Å². The SMILES string of the molecule is CC1(C(=O)N2CCC3(CC2)CC(Oc2ccccc2)CO3)CCN(c2ncccn2)CC1. The van der Waals surface area contributed by atoms with Crippen LogP contribution in [0, 0.1) is 5.41 Å². The van der Waals surface area contributed by atoms with E-state index in [4.69, 9.17) is 9.47 Å². The molecule has 1 spiro atoms. The maximum absolute atomic E-state index is 13.4. The third-order valence-electron chi connectivity index (χ3n) is 7.40. The molecular weight excluding hydrogens is 404 g/mol. The average molecular weight is 437 g/mol. The summed E-state index contributed by atoms with van der Waals surface area (Å²) in [5.74, 6) is 1.94. The summed E-state index contributed by atoms with van der Waals surface area (Å²) in [6.45, 7) is 5.89. The highest BCUT2D eigenvalue weighted by Gasteiger charge is 2.47. The third kappa shape index (κ3) is 4.31. The Hall–Kier alpha value is -2.67. The molecule has 1 aromatic carbocycles. The van der Waals surface area contributed by atoms with Crippen LogP contribution in [0.2, 0.25) is 0 Å². The largest absolute Gasteiger partial charge is 0.488 e. The summed E-state index contributed by atoms with van der Waals surface area (Å²) in [6, 6.07) is 11.8. The lowest BCUT2D eigenvalue weighted by molar-refractivity contribution is -0.147. The molecule has 7 heteroatoms. The van der Waals surface area contributed by atoms with Gasteiger partial charge in [-0.2, -0.15) is 0 Å². The molecular formula is C25H32N4O3. The van der Waals surface area contributed by atoms with Crippen molar-refractivity contribution in [2.45, 2.75) is 50.7 Å². The van der Waals surface area contributed by atoms with Gasteiger partial charge in [-0.05, 0) is 43.9 Å². The van der Waals surface area contributed by atoms with Crippen LogP contribution in [0.5, 0.6) is 5.75 Å². The van der Waals surface area contributed by atoms with Gasteiger partial charge in [0.2, 0.25) is 11.9 Å². The Morgan fingerprint density at radius 3 is 2.38 bits per heavy atom. The van der Waals surface area contributed by atoms with E-state index in [1.165, 1.54) is 0 Å². The molecule has 3 fully saturated rings. The molecule has 0 radical (unpaired) electrons. The lowest BCUT2D eigenvalue weighted by atomic mass is 9.78. The van der Waals surface area contributed by atoms with Gasteiger partial charge in [0.25, 0.3) is 0 Å². The Balaban J connectivity index is 1.13. The molecule has 0 bridgehead atoms. The van der Waals surface area contributed by atoms with Crippen LogP contribution in [0.15, 0.2) is 48.8 Å². The lowest BCUT2D eigenvalue weighted by Gasteiger charge is -2.44. The molecule has 1 atom stereocenters. The Morgan fingerprint density at radius 2 is 1.69 bits per heavy atom. The monoisotopic (exact) mass is 436 g/mol. The molecule has 1 aromatic heterocycles. The number of para-hydroxylation sites is 1. The van der Waals surface area contributed by atoms with E-state index in [0.717, 1.165) is 70.0 Å². The summed E-state index contributed by atoms with van der Waals surface area (Å²) in [5, 5.41) is 0. The van der Waals surface area contributed by atoms with Crippen molar-refractivity contribution in [3.63, 3.8) is 0 Å². The zero-order valence-corrected chi connectivity index (χ0v) is 18.8. The zero-order chi connectivity index (χ0) is 22.0. The van der Waals surface area contributed by atoms with Crippen LogP contribution in [0.25, 0.3) is 0 Å². The molecule has 0 aliphatic carbocycles. The van der Waals surface area contributed by atoms with Gasteiger partial charge in [0, 0.05) is 50.4 Å². The highest BCUT2D eigenvalue weighted by molar-refractivity contribution is 5.82. The molecule has 1 amide bonds. The fourth-order valence-electron chi connectivity index (χ4n) is 5.29. The molecule has 170 valence electrons. The van der Waals surface area contributed by atoms with Crippen LogP contribution in [0.4, 0.5) is 5.95 Å². The Kier molecular flexibility index (Phi) is 5.76. The molecule has 0 saturated carbocycles. The fraction of sp³-hybridized carbons (Fsp3) is 0.560. The summed E-state index contributed by atoms with van der Waals surface area (Å²) in [7, 11) is 0. The summed E-state index contributed by atoms with van der Waals surface area (Å²) in [5.41, 5.74) is -0.462. The van der Waals surface area contributed by atoms with Gasteiger partial charge in [0.05, 0.1) is 12.2 Å². The number of amides is 1. The minimum Gasteiger partial charge on any atom is -0.488 e. The predicted octanol–water partition coefficient (Wildman–Crippen LogP) is 3.31. The first kappa shape index (κ1) is 21.2. The number of rotatable bonds is 4. The normalized spacial score (nSPS) is 24.5. The van der Waals surface area contributed by atoms with Crippen molar-refractivity contribution in [1.29, 1.82) is 0 Å². The van der Waals surface area contributed by atoms with Crippen molar-refractivity contribution in [2.75, 3.05) is 37.7 Å². The van der Waals surface area contributed by atoms with Gasteiger partial charge in [-0.3, -0.25) is 4.79 Å². The smallest absolute Gasteiger partial charge is 0.228 e. The first-order chi connectivity index (χ1) is 15.6. The minimum atomic E-state index is -0.314. The van der Waals surface area contributed by atoms with Crippen LogP contribution in [0.1, 0.15) is 39.0 Å². The van der Waals surface area contributed by atoms with Crippen LogP contribution in [-0.4, -0.2) is 65.3 Å². The van der Waals surface area contributed by atoms with Crippen molar-refractivity contribution in [3.8, 4) is 5.75 Å². The Labute approximate surface area is 189 Å². The summed E-state index contributed by atoms with van der Waals surface area (Å²) >= 11 is 0. The second-order valence-electron chi connectivity index (χ2n) is 9.64. The van der Waals surface area contributed by atoms with E-state index >= 15 is 0 Å². The highest BCUT2D eigenvalue weighted by Crippen LogP contribution is 2.40. The third-order valence-corrected chi connectivity index (χ3v) is 7.40. The summed E-state index contributed by atoms with van der Waals surface area (Å²) in [4.78, 5) is 26.4. The number of hydrogen-bond acceptors (Lipinski definition) is 6. The molecule has 7 nitrogen and oxygen atoms in total. The number of hydrogen-bond donors (Lipinski definition) is 0. The number of benzene rings is 1. The Bertz CT molecular complexity index is 907. The van der Waals surface area contributed by atoms with E-state index in [0.29, 0.717) is 6.61 Å². The topological polar surface area (TPSA) is 67.8 Å². The molecule has 2 aromatic rings. The van der Waals surface area contributed by atoms with Gasteiger partial charge in [-0.25, -0.2) is 9.97 Å². The van der Waals surface area contributed by atoms with E-state index in [1.807, 2.05) is 36.4 Å². The van der Waals surface area contributed by atoms with Gasteiger partial charge in [-0.1, -0.05) is 25.1 Å². The van der Waals surface area contributed by atoms with Gasteiger partial charge >= 0.3 is 0 Å². The van der Waals surface area contributed by atoms with Gasteiger partial charge in [-0.15, -0.1) is 0 Å². The fourth-order valence-corrected chi connectivity index (χ4v) is 5.29. The number of nitrogens with zero attached hydrogens (tertiary/aromatic N) is 4. The van der Waals surface area contributed by atoms with E-state index in [-0.39, 0.29) is 23.0 Å². The Morgan fingerprint density at radius 1 is 1.00 bits per heavy atom. The van der Waals surface area contributed by atoms with E-state index < -0.39 is 0 Å². The molecule has 32 heavy (non-hydrogen) atoms. The number of aromatic nitrogens is 2. The predicted molar refractivity (Wildman–Crippen MR) is 122 cm³/mol. The second kappa shape index (κ2) is 8.70. The van der Waals surface area contributed by atoms with Crippen molar-refractivity contribution >= 4 is 11.9 Å². The zero-order valence-electron chi connectivity index (χ0n) is 18.8. The van der Waals surface area contributed by atoms with Crippen LogP contribution in [0.3, 0.4) is 0 Å². The summed E-state index contributed by atoms with van der Waals surface area (Å²) in [6.07, 6.45) is 7.94. The van der Waals surface area contributed by atoms with Gasteiger partial charge in [0.1, 0.15) is 11.9 Å². The highest BCUT2D eigenvalue weighted by atomic mass is 16.6. The second-order valence-corrected chi connectivity index (χ2v) is 9.64. The average Bonchev–Trinajstić information content (AvgIpc) is 3.22. The summed E-state index contributed by atoms with van der Waals surface area (Å²) < 4.78 is 12.4. The number of carbonyl (C=O) groups is 1. The molecule has 4 heterocycles. The number of likely N-dealkylation sites (tertiary alicyclic amines) is 1. The lowest BCUT2D eigenvalue weighted by Crippen LogP contribution is -2.53. The molecule has 5 rings (SSSR count). The number of piperidine rings is 2. The van der Waals surface area contributed by atoms with E-state index in [9.17, 15) is 4.79 Å². The first-order valence-corrected chi connectivity index (χ1v) is 11.7. The van der Waals surface area contributed by atoms with Crippen LogP contribution >= 0.6 is 0 Å². The van der Waals surface area contributed by atoms with Crippen LogP contribution < -0.4 is 9.64 Å². The van der Waals surface area contributed by atoms with Gasteiger partial charge < -0.3 is 19.3 Å². The van der Waals surface area contributed by atoms with Crippen molar-refractivity contribution in [2.24, 2.45) is 5.41 Å². The number of ether oxygens (including phenoxy) is 2. The maximum Gasteiger partial charge on any atom is 0.228 e. The molecule has 3 aliphatic rings. The standard InChI is InChI=1S/C25H32N4O3/c1-24(8-14-29(15-9-24)23-26-12-5-13-27-23)22(30)28-16-10-25(11-17-28)18-21(19-31-25)32-20-6-3-2-4-7-20/h2-7,12-13,21H,8-11,14-19H2,1H3. The first-order valence-electron chi connectivity index (χ1n) is 11.7. The van der Waals surface area contributed by atoms with Crippen molar-refractivity contribution in [3.05, 3.63) is 48.8 Å². The number of carbonyl (C=O) groups excluding carboxylic acids is 1. The van der Waals surface area contributed by atoms with Crippen molar-refractivity contribution in [1.82, 2.24) is 14.9 Å². The quantitative estimate of drug-likeness (QED) is 0.733. The molecule has 0 N–H and O–H groups in total. The molecule has 1 unspecified atom stereocenters. The molecule has 3 saturated heterocycles. The van der Waals surface area contributed by atoms with Crippen LogP contribution in [-0.2, 0) is 9.53 Å². The van der Waals surface area contributed by atoms with E-state index in [1.54, 1.807) is 12.4 Å². The van der Waals surface area contributed by atoms with Gasteiger partial charge in [0.15, 0.2) is 0 Å². The minimum absolute atomic E-state index is 0.0849. The number of anilines is 1. The molecule has 3 aliphatic heterocycles. The van der Waals surface area contributed by atoms with Crippen molar-refractivity contribution < 1.29 is 14.3 Å². The maximum atomic E-state index is 13.4.